The summed E-state index contributed by atoms with van der Waals surface area (Å²) in [6, 6.07) is 9.41. The highest BCUT2D eigenvalue weighted by molar-refractivity contribution is 6.46. The zero-order valence-electron chi connectivity index (χ0n) is 18.5. The van der Waals surface area contributed by atoms with Gasteiger partial charge in [-0.1, -0.05) is 12.1 Å². The molecule has 1 aliphatic heterocycles. The number of furan rings is 1. The number of carbonyl (C=O) groups is 2. The Bertz CT molecular complexity index is 1340. The van der Waals surface area contributed by atoms with E-state index in [1.807, 2.05) is 0 Å². The van der Waals surface area contributed by atoms with Crippen LogP contribution in [-0.4, -0.2) is 28.8 Å². The van der Waals surface area contributed by atoms with E-state index in [4.69, 9.17) is 9.15 Å². The van der Waals surface area contributed by atoms with Crippen LogP contribution >= 0.6 is 0 Å². The van der Waals surface area contributed by atoms with Gasteiger partial charge in [0.1, 0.15) is 34.9 Å². The van der Waals surface area contributed by atoms with Gasteiger partial charge < -0.3 is 19.2 Å². The third kappa shape index (κ3) is 4.51. The normalized spacial score (nSPS) is 17.8. The fraction of sp³-hybridized carbons (Fsp3) is 0.200. The highest BCUT2D eigenvalue weighted by Gasteiger charge is 2.48. The number of aryl methyl sites for hydroxylation is 1. The van der Waals surface area contributed by atoms with Crippen LogP contribution in [-0.2, 0) is 22.3 Å². The van der Waals surface area contributed by atoms with Crippen molar-refractivity contribution in [3.63, 3.8) is 0 Å². The minimum atomic E-state index is -4.60. The maximum Gasteiger partial charge on any atom is 0.416 e. The van der Waals surface area contributed by atoms with Crippen LogP contribution in [0.25, 0.3) is 5.76 Å². The first-order valence-corrected chi connectivity index (χ1v) is 10.4. The van der Waals surface area contributed by atoms with Crippen LogP contribution in [0.5, 0.6) is 5.75 Å². The number of ether oxygens (including phenoxy) is 1. The van der Waals surface area contributed by atoms with Crippen molar-refractivity contribution in [2.24, 2.45) is 0 Å². The van der Waals surface area contributed by atoms with Crippen molar-refractivity contribution in [3.05, 3.63) is 94.2 Å². The molecular weight excluding hydrogens is 470 g/mol. The van der Waals surface area contributed by atoms with Gasteiger partial charge in [0.05, 0.1) is 23.8 Å². The van der Waals surface area contributed by atoms with Gasteiger partial charge in [-0.15, -0.1) is 0 Å². The molecule has 1 N–H and O–H groups in total. The van der Waals surface area contributed by atoms with Crippen LogP contribution < -0.4 is 4.74 Å². The fourth-order valence-electron chi connectivity index (χ4n) is 3.99. The number of carbonyl (C=O) groups excluding carboxylic acids is 2. The average molecular weight is 489 g/mol. The number of Topliss-reactive ketones (excluding diaryl/α,β-unsaturated/α-hetero) is 1. The summed E-state index contributed by atoms with van der Waals surface area (Å²) < 4.78 is 64.3. The molecule has 182 valence electrons. The molecule has 6 nitrogen and oxygen atoms in total. The summed E-state index contributed by atoms with van der Waals surface area (Å²) in [6.07, 6.45) is -4.60. The van der Waals surface area contributed by atoms with Crippen molar-refractivity contribution in [1.29, 1.82) is 0 Å². The molecule has 1 amide bonds. The van der Waals surface area contributed by atoms with Crippen LogP contribution in [0.15, 0.2) is 64.6 Å². The zero-order valence-corrected chi connectivity index (χ0v) is 18.5. The molecule has 3 aromatic rings. The van der Waals surface area contributed by atoms with Crippen molar-refractivity contribution in [1.82, 2.24) is 4.90 Å². The number of hydrogen-bond donors (Lipinski definition) is 1. The third-order valence-electron chi connectivity index (χ3n) is 5.59. The van der Waals surface area contributed by atoms with E-state index in [0.29, 0.717) is 5.76 Å². The highest BCUT2D eigenvalue weighted by Crippen LogP contribution is 2.42. The summed E-state index contributed by atoms with van der Waals surface area (Å²) in [5, 5.41) is 11.1. The summed E-state index contributed by atoms with van der Waals surface area (Å²) in [6.45, 7) is 1.24. The van der Waals surface area contributed by atoms with Gasteiger partial charge in [-0.2, -0.15) is 13.2 Å². The van der Waals surface area contributed by atoms with Crippen LogP contribution in [0.2, 0.25) is 0 Å². The van der Waals surface area contributed by atoms with Crippen LogP contribution in [0.4, 0.5) is 17.6 Å². The van der Waals surface area contributed by atoms with Crippen molar-refractivity contribution in [2.75, 3.05) is 7.11 Å². The van der Waals surface area contributed by atoms with E-state index in [-0.39, 0.29) is 29.2 Å². The van der Waals surface area contributed by atoms with Gasteiger partial charge in [-0.25, -0.2) is 4.39 Å². The van der Waals surface area contributed by atoms with Gasteiger partial charge in [0, 0.05) is 6.54 Å². The second kappa shape index (κ2) is 8.94. The van der Waals surface area contributed by atoms with E-state index in [1.165, 1.54) is 31.4 Å². The summed E-state index contributed by atoms with van der Waals surface area (Å²) in [7, 11) is 1.28. The van der Waals surface area contributed by atoms with Crippen molar-refractivity contribution in [3.8, 4) is 5.75 Å². The van der Waals surface area contributed by atoms with Crippen LogP contribution in [0.1, 0.15) is 34.3 Å². The van der Waals surface area contributed by atoms with E-state index in [2.05, 4.69) is 0 Å². The van der Waals surface area contributed by atoms with E-state index >= 15 is 0 Å². The Morgan fingerprint density at radius 1 is 1.11 bits per heavy atom. The second-order valence-electron chi connectivity index (χ2n) is 7.92. The lowest BCUT2D eigenvalue weighted by molar-refractivity contribution is -0.140. The van der Waals surface area contributed by atoms with Crippen molar-refractivity contribution < 1.29 is 41.4 Å². The van der Waals surface area contributed by atoms with Gasteiger partial charge >= 0.3 is 6.18 Å². The lowest BCUT2D eigenvalue weighted by Crippen LogP contribution is -2.29. The first kappa shape index (κ1) is 24.1. The molecule has 0 aliphatic carbocycles. The smallest absolute Gasteiger partial charge is 0.416 e. The Balaban J connectivity index is 1.86. The highest BCUT2D eigenvalue weighted by atomic mass is 19.4. The SMILES string of the molecule is COc1ccc(F)cc1/C(O)=C1/C(=O)C(=O)N(Cc2cccc(C(F)(F)F)c2)C1c1ccc(C)o1. The minimum absolute atomic E-state index is 0.0438. The summed E-state index contributed by atoms with van der Waals surface area (Å²) in [5.74, 6) is -3.00. The molecule has 2 heterocycles. The maximum absolute atomic E-state index is 14.0. The minimum Gasteiger partial charge on any atom is -0.507 e. The van der Waals surface area contributed by atoms with E-state index < -0.39 is 46.6 Å². The number of benzene rings is 2. The monoisotopic (exact) mass is 489 g/mol. The maximum atomic E-state index is 14.0. The Kier molecular flexibility index (Phi) is 6.14. The van der Waals surface area contributed by atoms with Crippen LogP contribution in [0.3, 0.4) is 0 Å². The molecule has 10 heteroatoms. The molecule has 0 bridgehead atoms. The molecule has 1 aromatic heterocycles. The van der Waals surface area contributed by atoms with Gasteiger partial charge in [-0.3, -0.25) is 9.59 Å². The number of amides is 1. The van der Waals surface area contributed by atoms with Crippen molar-refractivity contribution in [2.45, 2.75) is 25.7 Å². The van der Waals surface area contributed by atoms with Crippen molar-refractivity contribution >= 4 is 17.4 Å². The second-order valence-corrected chi connectivity index (χ2v) is 7.92. The molecule has 1 atom stereocenters. The Hall–Kier alpha value is -4.08. The lowest BCUT2D eigenvalue weighted by Gasteiger charge is -2.24. The van der Waals surface area contributed by atoms with Gasteiger partial charge in [0.15, 0.2) is 0 Å². The van der Waals surface area contributed by atoms with E-state index in [0.717, 1.165) is 29.2 Å². The molecule has 1 aliphatic rings. The largest absolute Gasteiger partial charge is 0.507 e. The average Bonchev–Trinajstić information content (AvgIpc) is 3.34. The number of nitrogens with zero attached hydrogens (tertiary/aromatic N) is 1. The number of ketones is 1. The molecule has 1 fully saturated rings. The quantitative estimate of drug-likeness (QED) is 0.225. The number of aliphatic hydroxyl groups is 1. The number of halogens is 4. The molecule has 4 rings (SSSR count). The number of likely N-dealkylation sites (tertiary alicyclic amines) is 1. The molecular formula is C25H19F4NO5. The number of aliphatic hydroxyl groups excluding tert-OH is 1. The summed E-state index contributed by atoms with van der Waals surface area (Å²) in [4.78, 5) is 27.1. The topological polar surface area (TPSA) is 80.0 Å². The molecule has 0 saturated carbocycles. The third-order valence-corrected chi connectivity index (χ3v) is 5.59. The Labute approximate surface area is 197 Å². The lowest BCUT2D eigenvalue weighted by atomic mass is 9.98. The Morgan fingerprint density at radius 3 is 2.49 bits per heavy atom. The number of methoxy groups -OCH3 is 1. The summed E-state index contributed by atoms with van der Waals surface area (Å²) >= 11 is 0. The standard InChI is InChI=1S/C25H19F4NO5/c1-13-6-8-19(35-13)21-20(22(31)17-11-16(26)7-9-18(17)34-2)23(32)24(33)30(21)12-14-4-3-5-15(10-14)25(27,28)29/h3-11,21,31H,12H2,1-2H3/b22-20-. The molecule has 0 radical (unpaired) electrons. The Morgan fingerprint density at radius 2 is 1.86 bits per heavy atom. The summed E-state index contributed by atoms with van der Waals surface area (Å²) in [5.41, 5.74) is -1.38. The fourth-order valence-corrected chi connectivity index (χ4v) is 3.99. The van der Waals surface area contributed by atoms with Crippen LogP contribution in [0, 0.1) is 12.7 Å². The molecule has 35 heavy (non-hydrogen) atoms. The number of hydrogen-bond acceptors (Lipinski definition) is 5. The molecule has 2 aromatic carbocycles. The van der Waals surface area contributed by atoms with Gasteiger partial charge in [0.25, 0.3) is 11.7 Å². The number of rotatable bonds is 5. The van der Waals surface area contributed by atoms with Gasteiger partial charge in [0.2, 0.25) is 0 Å². The first-order valence-electron chi connectivity index (χ1n) is 10.4. The predicted molar refractivity (Wildman–Crippen MR) is 116 cm³/mol. The predicted octanol–water partition coefficient (Wildman–Crippen LogP) is 5.38. The molecule has 1 unspecified atom stereocenters. The van der Waals surface area contributed by atoms with Gasteiger partial charge in [-0.05, 0) is 55.0 Å². The first-order chi connectivity index (χ1) is 16.5. The molecule has 0 spiro atoms. The zero-order chi connectivity index (χ0) is 25.5. The van der Waals surface area contributed by atoms with E-state index in [9.17, 15) is 32.3 Å². The van der Waals surface area contributed by atoms with E-state index in [1.54, 1.807) is 13.0 Å². The molecule has 1 saturated heterocycles. The number of alkyl halides is 3.